The second-order valence-electron chi connectivity index (χ2n) is 6.40. The van der Waals surface area contributed by atoms with E-state index in [1.165, 1.54) is 44.9 Å². The van der Waals surface area contributed by atoms with Crippen LogP contribution in [-0.4, -0.2) is 23.0 Å². The first kappa shape index (κ1) is 31.2. The molecule has 0 aromatic carbocycles. The molecular weight excluding hydrogens is 334 g/mol. The number of unbranched alkanes of at least 4 members (excludes halogenated alkanes) is 11. The molecule has 0 aliphatic carbocycles. The second kappa shape index (κ2) is 23.6. The summed E-state index contributed by atoms with van der Waals surface area (Å²) in [4.78, 5) is 32.1. The number of rotatable bonds is 15. The molecule has 0 amide bonds. The predicted molar refractivity (Wildman–Crippen MR) is 100 cm³/mol. The van der Waals surface area contributed by atoms with E-state index in [0.717, 1.165) is 32.1 Å². The van der Waals surface area contributed by atoms with Gasteiger partial charge in [0.05, 0.1) is 0 Å². The summed E-state index contributed by atoms with van der Waals surface area (Å²) in [5.41, 5.74) is 0. The summed E-state index contributed by atoms with van der Waals surface area (Å²) in [5, 5.41) is 8.30. The smallest absolute Gasteiger partial charge is 1.00 e. The van der Waals surface area contributed by atoms with Crippen molar-refractivity contribution >= 4 is 17.9 Å². The number of ether oxygens (including phenoxy) is 1. The van der Waals surface area contributed by atoms with Crippen molar-refractivity contribution in [1.82, 2.24) is 0 Å². The van der Waals surface area contributed by atoms with E-state index < -0.39 is 17.9 Å². The fourth-order valence-corrected chi connectivity index (χ4v) is 2.54. The molecule has 0 unspecified atom stereocenters. The molecule has 1 N–H and O–H groups in total. The number of carbonyl (C=O) groups excluding carboxylic acids is 2. The van der Waals surface area contributed by atoms with Crippen LogP contribution in [-0.2, 0) is 19.1 Å². The van der Waals surface area contributed by atoms with Gasteiger partial charge >= 0.3 is 55.6 Å². The normalized spacial score (nSPS) is 10.1. The number of carboxylic acids is 1. The van der Waals surface area contributed by atoms with Crippen LogP contribution in [0, 0.1) is 0 Å². The molecule has 0 aromatic rings. The molecule has 0 aromatic heterocycles. The zero-order valence-corrected chi connectivity index (χ0v) is 17.6. The predicted octanol–water partition coefficient (Wildman–Crippen LogP) is -0.589. The molecule has 0 rings (SSSR count). The van der Waals surface area contributed by atoms with Gasteiger partial charge in [-0.15, -0.1) is 0 Å². The Bertz CT molecular complexity index is 422. The Hall–Kier alpha value is -0.455. The van der Waals surface area contributed by atoms with Crippen LogP contribution in [0.25, 0.3) is 0 Å². The van der Waals surface area contributed by atoms with Gasteiger partial charge in [-0.2, -0.15) is 0 Å². The zero-order chi connectivity index (χ0) is 18.8. The number of hydrogen-bond donors (Lipinski definition) is 1. The summed E-state index contributed by atoms with van der Waals surface area (Å²) in [6, 6.07) is 0. The van der Waals surface area contributed by atoms with Gasteiger partial charge in [0.15, 0.2) is 0 Å². The van der Waals surface area contributed by atoms with Crippen LogP contribution in [0.5, 0.6) is 0 Å². The molecule has 27 heavy (non-hydrogen) atoms. The average molecular weight is 370 g/mol. The number of carbonyl (C=O) groups is 3. The fraction of sp³-hybridized carbons (Fsp3) is 0.750. The SMILES string of the molecule is CCCCCCCC/C=C\CCCCCCCC(=O)OC(=O)C(=O)O.[H-].[H-].[Li+].[Li+]. The van der Waals surface area contributed by atoms with Crippen LogP contribution in [0.15, 0.2) is 12.2 Å². The summed E-state index contributed by atoms with van der Waals surface area (Å²) in [6.07, 6.45) is 19.8. The molecule has 5 nitrogen and oxygen atoms in total. The number of carboxylic acid groups (broad SMARTS) is 1. The van der Waals surface area contributed by atoms with Crippen molar-refractivity contribution in [2.24, 2.45) is 0 Å². The Kier molecular flexibility index (Phi) is 27.3. The molecule has 0 fully saturated rings. The number of aliphatic carboxylic acids is 1. The molecule has 0 heterocycles. The van der Waals surface area contributed by atoms with Gasteiger partial charge in [0.25, 0.3) is 0 Å². The van der Waals surface area contributed by atoms with Crippen LogP contribution in [0.1, 0.15) is 99.7 Å². The third kappa shape index (κ3) is 23.5. The van der Waals surface area contributed by atoms with Crippen molar-refractivity contribution in [2.45, 2.75) is 96.8 Å². The largest absolute Gasteiger partial charge is 1.00 e. The van der Waals surface area contributed by atoms with Crippen LogP contribution < -0.4 is 37.7 Å². The molecular formula is C20H36Li2O5. The van der Waals surface area contributed by atoms with Gasteiger partial charge in [-0.05, 0) is 32.1 Å². The maximum atomic E-state index is 11.2. The first-order valence-corrected chi connectivity index (χ1v) is 9.70. The summed E-state index contributed by atoms with van der Waals surface area (Å²) in [6.45, 7) is 2.24. The minimum absolute atomic E-state index is 0. The Morgan fingerprint density at radius 3 is 1.70 bits per heavy atom. The Morgan fingerprint density at radius 2 is 1.22 bits per heavy atom. The van der Waals surface area contributed by atoms with Crippen molar-refractivity contribution in [1.29, 1.82) is 0 Å². The Balaban J connectivity index is -0.000000480. The maximum Gasteiger partial charge on any atom is 1.00 e. The fourth-order valence-electron chi connectivity index (χ4n) is 2.54. The average Bonchev–Trinajstić information content (AvgIpc) is 2.58. The molecule has 148 valence electrons. The van der Waals surface area contributed by atoms with Crippen molar-refractivity contribution in [3.8, 4) is 0 Å². The number of allylic oxidation sites excluding steroid dienone is 2. The monoisotopic (exact) mass is 370 g/mol. The van der Waals surface area contributed by atoms with E-state index in [-0.39, 0.29) is 47.0 Å². The molecule has 0 saturated heterocycles. The molecule has 0 saturated carbocycles. The van der Waals surface area contributed by atoms with E-state index in [0.29, 0.717) is 6.42 Å². The summed E-state index contributed by atoms with van der Waals surface area (Å²) in [5.74, 6) is -4.00. The first-order valence-electron chi connectivity index (χ1n) is 9.70. The third-order valence-electron chi connectivity index (χ3n) is 4.02. The Labute approximate surface area is 191 Å². The van der Waals surface area contributed by atoms with Crippen molar-refractivity contribution in [3.05, 3.63) is 12.2 Å². The van der Waals surface area contributed by atoms with Gasteiger partial charge < -0.3 is 12.7 Å². The van der Waals surface area contributed by atoms with E-state index in [1.54, 1.807) is 0 Å². The van der Waals surface area contributed by atoms with Gasteiger partial charge in [-0.1, -0.05) is 70.4 Å². The summed E-state index contributed by atoms with van der Waals surface area (Å²) >= 11 is 0. The van der Waals surface area contributed by atoms with E-state index in [9.17, 15) is 14.4 Å². The third-order valence-corrected chi connectivity index (χ3v) is 4.02. The van der Waals surface area contributed by atoms with Crippen LogP contribution >= 0.6 is 0 Å². The standard InChI is InChI=1S/C20H34O5.2Li.2H/c1-2-3-4-5-6-7-8-9-10-11-12-13-14-15-16-17-18(21)25-20(24)19(22)23;;;;/h9-10H,2-8,11-17H2,1H3,(H,22,23);;;;/q;2*+1;2*-1/b10-9-;;;;. The molecule has 0 spiro atoms. The van der Waals surface area contributed by atoms with E-state index >= 15 is 0 Å². The minimum Gasteiger partial charge on any atom is -1.00 e. The van der Waals surface area contributed by atoms with Gasteiger partial charge in [-0.3, -0.25) is 4.79 Å². The zero-order valence-electron chi connectivity index (χ0n) is 19.6. The van der Waals surface area contributed by atoms with Crippen LogP contribution in [0.3, 0.4) is 0 Å². The molecule has 0 atom stereocenters. The molecule has 0 aliphatic heterocycles. The number of hydrogen-bond acceptors (Lipinski definition) is 4. The van der Waals surface area contributed by atoms with Crippen molar-refractivity contribution in [2.75, 3.05) is 0 Å². The van der Waals surface area contributed by atoms with E-state index in [2.05, 4.69) is 23.8 Å². The quantitative estimate of drug-likeness (QED) is 0.104. The Morgan fingerprint density at radius 1 is 0.778 bits per heavy atom. The minimum atomic E-state index is -1.74. The van der Waals surface area contributed by atoms with Crippen LogP contribution in [0.4, 0.5) is 0 Å². The maximum absolute atomic E-state index is 11.2. The summed E-state index contributed by atoms with van der Waals surface area (Å²) < 4.78 is 4.14. The van der Waals surface area contributed by atoms with Gasteiger partial charge in [-0.25, -0.2) is 9.59 Å². The van der Waals surface area contributed by atoms with Crippen LogP contribution in [0.2, 0.25) is 0 Å². The van der Waals surface area contributed by atoms with Gasteiger partial charge in [0.1, 0.15) is 0 Å². The molecule has 0 bridgehead atoms. The first-order chi connectivity index (χ1) is 12.1. The molecule has 7 heteroatoms. The van der Waals surface area contributed by atoms with Gasteiger partial charge in [0.2, 0.25) is 0 Å². The van der Waals surface area contributed by atoms with Crippen molar-refractivity contribution in [3.63, 3.8) is 0 Å². The van der Waals surface area contributed by atoms with Crippen molar-refractivity contribution < 1.29 is 64.8 Å². The molecule has 0 radical (unpaired) electrons. The number of esters is 2. The summed E-state index contributed by atoms with van der Waals surface area (Å²) in [7, 11) is 0. The molecule has 0 aliphatic rings. The van der Waals surface area contributed by atoms with E-state index in [1.807, 2.05) is 0 Å². The van der Waals surface area contributed by atoms with E-state index in [4.69, 9.17) is 5.11 Å². The topological polar surface area (TPSA) is 80.7 Å². The van der Waals surface area contributed by atoms with Gasteiger partial charge in [0, 0.05) is 6.42 Å². The second-order valence-corrected chi connectivity index (χ2v) is 6.40.